The van der Waals surface area contributed by atoms with Gasteiger partial charge >= 0.3 is 0 Å². The fourth-order valence-electron chi connectivity index (χ4n) is 5.36. The molecule has 3 aromatic rings. The Bertz CT molecular complexity index is 1310. The molecule has 182 valence electrons. The van der Waals surface area contributed by atoms with Gasteiger partial charge in [0.1, 0.15) is 11.2 Å². The molecule has 2 aromatic carbocycles. The zero-order valence-electron chi connectivity index (χ0n) is 19.9. The van der Waals surface area contributed by atoms with Crippen LogP contribution < -0.4 is 10.6 Å². The third-order valence-corrected chi connectivity index (χ3v) is 7.47. The Morgan fingerprint density at radius 1 is 1.09 bits per heavy atom. The SMILES string of the molecule is CC(=O)Nc1c2n(c3ccccc13)C[C@](C)(C(=O)NC1CCCC1)N(Cc1ccc(Cl)cc1)C2=O. The lowest BCUT2D eigenvalue weighted by molar-refractivity contribution is -0.133. The van der Waals surface area contributed by atoms with Gasteiger partial charge in [0.2, 0.25) is 11.8 Å². The summed E-state index contributed by atoms with van der Waals surface area (Å²) in [6.07, 6.45) is 4.11. The molecule has 7 nitrogen and oxygen atoms in total. The molecule has 1 aliphatic carbocycles. The van der Waals surface area contributed by atoms with Crippen molar-refractivity contribution >= 4 is 45.9 Å². The Morgan fingerprint density at radius 3 is 2.46 bits per heavy atom. The van der Waals surface area contributed by atoms with Crippen LogP contribution in [-0.2, 0) is 22.7 Å². The number of anilines is 1. The van der Waals surface area contributed by atoms with Crippen LogP contribution in [-0.4, -0.2) is 38.8 Å². The largest absolute Gasteiger partial charge is 0.351 e. The van der Waals surface area contributed by atoms with Crippen LogP contribution in [0.5, 0.6) is 0 Å². The molecule has 2 heterocycles. The summed E-state index contributed by atoms with van der Waals surface area (Å²) < 4.78 is 1.88. The third kappa shape index (κ3) is 4.18. The molecule has 1 aromatic heterocycles. The first kappa shape index (κ1) is 23.4. The highest BCUT2D eigenvalue weighted by molar-refractivity contribution is 6.30. The Morgan fingerprint density at radius 2 is 1.77 bits per heavy atom. The number of hydrogen-bond acceptors (Lipinski definition) is 3. The summed E-state index contributed by atoms with van der Waals surface area (Å²) in [5.41, 5.74) is 1.43. The number of rotatable bonds is 5. The highest BCUT2D eigenvalue weighted by atomic mass is 35.5. The van der Waals surface area contributed by atoms with Crippen LogP contribution in [0.15, 0.2) is 48.5 Å². The van der Waals surface area contributed by atoms with E-state index in [0.29, 0.717) is 16.4 Å². The van der Waals surface area contributed by atoms with E-state index in [0.717, 1.165) is 42.1 Å². The summed E-state index contributed by atoms with van der Waals surface area (Å²) in [7, 11) is 0. The van der Waals surface area contributed by atoms with Crippen LogP contribution >= 0.6 is 11.6 Å². The van der Waals surface area contributed by atoms with Gasteiger partial charge in [-0.05, 0) is 43.5 Å². The zero-order valence-corrected chi connectivity index (χ0v) is 20.7. The summed E-state index contributed by atoms with van der Waals surface area (Å²) in [5, 5.41) is 7.46. The molecule has 0 saturated heterocycles. The maximum Gasteiger partial charge on any atom is 0.273 e. The van der Waals surface area contributed by atoms with Gasteiger partial charge < -0.3 is 20.1 Å². The van der Waals surface area contributed by atoms with E-state index < -0.39 is 5.54 Å². The molecule has 35 heavy (non-hydrogen) atoms. The van der Waals surface area contributed by atoms with Crippen LogP contribution in [0.3, 0.4) is 0 Å². The van der Waals surface area contributed by atoms with Gasteiger partial charge in [-0.3, -0.25) is 14.4 Å². The number of nitrogens with zero attached hydrogens (tertiary/aromatic N) is 2. The number of para-hydroxylation sites is 1. The van der Waals surface area contributed by atoms with Crippen molar-refractivity contribution in [3.05, 3.63) is 64.8 Å². The molecule has 0 bridgehead atoms. The monoisotopic (exact) mass is 492 g/mol. The van der Waals surface area contributed by atoms with Gasteiger partial charge in [0, 0.05) is 29.9 Å². The number of aromatic nitrogens is 1. The second kappa shape index (κ2) is 9.04. The summed E-state index contributed by atoms with van der Waals surface area (Å²) in [6, 6.07) is 15.0. The van der Waals surface area contributed by atoms with Crippen LogP contribution in [0.4, 0.5) is 5.69 Å². The Balaban J connectivity index is 1.63. The fourth-order valence-corrected chi connectivity index (χ4v) is 5.49. The minimum absolute atomic E-state index is 0.129. The molecule has 0 spiro atoms. The lowest BCUT2D eigenvalue weighted by atomic mass is 9.93. The minimum Gasteiger partial charge on any atom is -0.351 e. The van der Waals surface area contributed by atoms with Crippen molar-refractivity contribution < 1.29 is 14.4 Å². The summed E-state index contributed by atoms with van der Waals surface area (Å²) in [4.78, 5) is 41.7. The van der Waals surface area contributed by atoms with Gasteiger partial charge in [-0.2, -0.15) is 0 Å². The average Bonchev–Trinajstić information content (AvgIpc) is 3.44. The average molecular weight is 493 g/mol. The van der Waals surface area contributed by atoms with E-state index in [-0.39, 0.29) is 36.9 Å². The highest BCUT2D eigenvalue weighted by Crippen LogP contribution is 2.39. The number of benzene rings is 2. The van der Waals surface area contributed by atoms with Crippen molar-refractivity contribution in [2.75, 3.05) is 5.32 Å². The molecule has 8 heteroatoms. The van der Waals surface area contributed by atoms with Crippen molar-refractivity contribution in [2.24, 2.45) is 0 Å². The molecule has 1 atom stereocenters. The molecule has 2 aliphatic rings. The van der Waals surface area contributed by atoms with Gasteiger partial charge in [0.05, 0.1) is 17.7 Å². The van der Waals surface area contributed by atoms with E-state index in [4.69, 9.17) is 11.6 Å². The summed E-state index contributed by atoms with van der Waals surface area (Å²) >= 11 is 6.08. The molecule has 2 N–H and O–H groups in total. The predicted octanol–water partition coefficient (Wildman–Crippen LogP) is 4.73. The maximum atomic E-state index is 14.2. The second-order valence-electron chi connectivity index (χ2n) is 9.75. The van der Waals surface area contributed by atoms with E-state index in [1.54, 1.807) is 17.0 Å². The van der Waals surface area contributed by atoms with E-state index in [2.05, 4.69) is 10.6 Å². The van der Waals surface area contributed by atoms with E-state index >= 15 is 0 Å². The standard InChI is InChI=1S/C27H29ClN4O3/c1-17(33)29-23-21-9-5-6-10-22(21)31-16-27(2,26(35)30-20-7-3-4-8-20)32(25(34)24(23)31)15-18-11-13-19(28)14-12-18/h5-6,9-14,20H,3-4,7-8,15-16H2,1-2H3,(H,29,33)(H,30,35)/t27-/m1/s1. The van der Waals surface area contributed by atoms with Crippen molar-refractivity contribution in [1.29, 1.82) is 0 Å². The number of hydrogen-bond donors (Lipinski definition) is 2. The Hall–Kier alpha value is -3.32. The molecular weight excluding hydrogens is 464 g/mol. The van der Waals surface area contributed by atoms with Crippen molar-refractivity contribution in [1.82, 2.24) is 14.8 Å². The first-order valence-electron chi connectivity index (χ1n) is 12.0. The summed E-state index contributed by atoms with van der Waals surface area (Å²) in [5.74, 6) is -0.708. The minimum atomic E-state index is -1.12. The first-order valence-corrected chi connectivity index (χ1v) is 12.4. The number of carbonyl (C=O) groups is 3. The lowest BCUT2D eigenvalue weighted by Gasteiger charge is -2.44. The van der Waals surface area contributed by atoms with E-state index in [1.165, 1.54) is 6.92 Å². The van der Waals surface area contributed by atoms with Crippen molar-refractivity contribution in [3.8, 4) is 0 Å². The van der Waals surface area contributed by atoms with Gasteiger partial charge in [-0.15, -0.1) is 0 Å². The summed E-state index contributed by atoms with van der Waals surface area (Å²) in [6.45, 7) is 3.78. The van der Waals surface area contributed by atoms with E-state index in [1.807, 2.05) is 47.9 Å². The van der Waals surface area contributed by atoms with Crippen molar-refractivity contribution in [2.45, 2.75) is 64.2 Å². The van der Waals surface area contributed by atoms with E-state index in [9.17, 15) is 14.4 Å². The van der Waals surface area contributed by atoms with Crippen LogP contribution in [0, 0.1) is 0 Å². The predicted molar refractivity (Wildman–Crippen MR) is 136 cm³/mol. The molecule has 1 saturated carbocycles. The number of carbonyl (C=O) groups excluding carboxylic acids is 3. The fraction of sp³-hybridized carbons (Fsp3) is 0.370. The van der Waals surface area contributed by atoms with Gasteiger partial charge in [-0.25, -0.2) is 0 Å². The van der Waals surface area contributed by atoms with Crippen LogP contribution in [0.1, 0.15) is 55.6 Å². The smallest absolute Gasteiger partial charge is 0.273 e. The molecule has 1 aliphatic heterocycles. The first-order chi connectivity index (χ1) is 16.8. The highest BCUT2D eigenvalue weighted by Gasteiger charge is 2.49. The molecule has 5 rings (SSSR count). The number of halogens is 1. The maximum absolute atomic E-state index is 14.2. The topological polar surface area (TPSA) is 83.4 Å². The number of fused-ring (bicyclic) bond motifs is 3. The normalized spacial score (nSPS) is 20.2. The van der Waals surface area contributed by atoms with Gasteiger partial charge in [-0.1, -0.05) is 54.8 Å². The Kier molecular flexibility index (Phi) is 6.05. The lowest BCUT2D eigenvalue weighted by Crippen LogP contribution is -2.64. The van der Waals surface area contributed by atoms with Crippen LogP contribution in [0.2, 0.25) is 5.02 Å². The van der Waals surface area contributed by atoms with Gasteiger partial charge in [0.15, 0.2) is 0 Å². The molecule has 3 amide bonds. The Labute approximate surface area is 209 Å². The zero-order chi connectivity index (χ0) is 24.7. The quantitative estimate of drug-likeness (QED) is 0.540. The molecule has 0 unspecified atom stereocenters. The van der Waals surface area contributed by atoms with Crippen molar-refractivity contribution in [3.63, 3.8) is 0 Å². The number of nitrogens with one attached hydrogen (secondary N) is 2. The molecule has 0 radical (unpaired) electrons. The van der Waals surface area contributed by atoms with Crippen LogP contribution in [0.25, 0.3) is 10.9 Å². The second-order valence-corrected chi connectivity index (χ2v) is 10.2. The third-order valence-electron chi connectivity index (χ3n) is 7.21. The van der Waals surface area contributed by atoms with Gasteiger partial charge in [0.25, 0.3) is 5.91 Å². The number of amides is 3. The molecular formula is C27H29ClN4O3. The molecule has 1 fully saturated rings.